The van der Waals surface area contributed by atoms with Crippen LogP contribution in [0.15, 0.2) is 0 Å². The molecule has 0 aromatic heterocycles. The number of aliphatic carboxylic acids is 1. The Hall–Kier alpha value is -1.10. The van der Waals surface area contributed by atoms with E-state index in [9.17, 15) is 9.59 Å². The molecule has 0 spiro atoms. The van der Waals surface area contributed by atoms with Crippen LogP contribution in [0.25, 0.3) is 0 Å². The Kier molecular flexibility index (Phi) is 5.44. The number of carboxylic acid groups (broad SMARTS) is 1. The Bertz CT molecular complexity index is 262. The van der Waals surface area contributed by atoms with Gasteiger partial charge in [0.15, 0.2) is 0 Å². The molecule has 0 heterocycles. The van der Waals surface area contributed by atoms with Crippen LogP contribution in [0.5, 0.6) is 0 Å². The zero-order chi connectivity index (χ0) is 12.9. The molecular formula is C11H22N2O3. The SMILES string of the molecule is CC(C)C(N)CC(=O)NCC(C)(C)C(=O)O. The predicted octanol–water partition coefficient (Wildman–Crippen LogP) is 0.587. The summed E-state index contributed by atoms with van der Waals surface area (Å²) in [4.78, 5) is 22.2. The molecule has 1 atom stereocenters. The fourth-order valence-corrected chi connectivity index (χ4v) is 0.917. The second-order valence-corrected chi connectivity index (χ2v) is 5.08. The average Bonchev–Trinajstić information content (AvgIpc) is 2.14. The van der Waals surface area contributed by atoms with Crippen LogP contribution in [-0.4, -0.2) is 29.6 Å². The quantitative estimate of drug-likeness (QED) is 0.622. The zero-order valence-electron chi connectivity index (χ0n) is 10.4. The third-order valence-electron chi connectivity index (χ3n) is 2.58. The molecular weight excluding hydrogens is 208 g/mol. The van der Waals surface area contributed by atoms with Gasteiger partial charge in [0.2, 0.25) is 5.91 Å². The molecule has 0 saturated carbocycles. The first-order valence-electron chi connectivity index (χ1n) is 5.42. The number of carbonyl (C=O) groups is 2. The predicted molar refractivity (Wildman–Crippen MR) is 61.9 cm³/mol. The summed E-state index contributed by atoms with van der Waals surface area (Å²) in [5, 5.41) is 11.4. The highest BCUT2D eigenvalue weighted by Gasteiger charge is 2.27. The molecule has 0 rings (SSSR count). The van der Waals surface area contributed by atoms with E-state index in [0.29, 0.717) is 0 Å². The maximum atomic E-state index is 11.4. The number of carbonyl (C=O) groups excluding carboxylic acids is 1. The van der Waals surface area contributed by atoms with Gasteiger partial charge in [-0.25, -0.2) is 0 Å². The van der Waals surface area contributed by atoms with E-state index in [0.717, 1.165) is 0 Å². The summed E-state index contributed by atoms with van der Waals surface area (Å²) in [6.07, 6.45) is 0.230. The van der Waals surface area contributed by atoms with Crippen LogP contribution in [0, 0.1) is 11.3 Å². The summed E-state index contributed by atoms with van der Waals surface area (Å²) in [5.74, 6) is -0.894. The summed E-state index contributed by atoms with van der Waals surface area (Å²) in [6, 6.07) is -0.187. The molecule has 5 heteroatoms. The van der Waals surface area contributed by atoms with Crippen molar-refractivity contribution in [1.29, 1.82) is 0 Å². The monoisotopic (exact) mass is 230 g/mol. The van der Waals surface area contributed by atoms with E-state index in [2.05, 4.69) is 5.32 Å². The number of nitrogens with one attached hydrogen (secondary N) is 1. The van der Waals surface area contributed by atoms with Gasteiger partial charge in [-0.05, 0) is 19.8 Å². The van der Waals surface area contributed by atoms with Crippen LogP contribution in [0.4, 0.5) is 0 Å². The van der Waals surface area contributed by atoms with Crippen LogP contribution < -0.4 is 11.1 Å². The Morgan fingerprint density at radius 1 is 1.38 bits per heavy atom. The average molecular weight is 230 g/mol. The highest BCUT2D eigenvalue weighted by Crippen LogP contribution is 2.13. The van der Waals surface area contributed by atoms with Gasteiger partial charge in [-0.15, -0.1) is 0 Å². The largest absolute Gasteiger partial charge is 0.481 e. The molecule has 0 aromatic rings. The second-order valence-electron chi connectivity index (χ2n) is 5.08. The van der Waals surface area contributed by atoms with Crippen LogP contribution in [0.2, 0.25) is 0 Å². The van der Waals surface area contributed by atoms with E-state index in [1.165, 1.54) is 0 Å². The minimum atomic E-state index is -0.947. The highest BCUT2D eigenvalue weighted by molar-refractivity contribution is 5.79. The van der Waals surface area contributed by atoms with Crippen molar-refractivity contribution in [2.45, 2.75) is 40.2 Å². The van der Waals surface area contributed by atoms with Gasteiger partial charge in [-0.3, -0.25) is 9.59 Å². The third-order valence-corrected chi connectivity index (χ3v) is 2.58. The molecule has 94 valence electrons. The van der Waals surface area contributed by atoms with E-state index in [4.69, 9.17) is 10.8 Å². The normalized spacial score (nSPS) is 13.6. The minimum Gasteiger partial charge on any atom is -0.481 e. The molecule has 0 saturated heterocycles. The van der Waals surface area contributed by atoms with Crippen LogP contribution in [0.3, 0.4) is 0 Å². The summed E-state index contributed by atoms with van der Waals surface area (Å²) >= 11 is 0. The topological polar surface area (TPSA) is 92.4 Å². The smallest absolute Gasteiger partial charge is 0.310 e. The molecule has 16 heavy (non-hydrogen) atoms. The van der Waals surface area contributed by atoms with Crippen LogP contribution in [0.1, 0.15) is 34.1 Å². The van der Waals surface area contributed by atoms with Gasteiger partial charge in [0.1, 0.15) is 0 Å². The number of amides is 1. The van der Waals surface area contributed by atoms with Crippen molar-refractivity contribution in [2.24, 2.45) is 17.1 Å². The number of rotatable bonds is 6. The lowest BCUT2D eigenvalue weighted by atomic mass is 9.93. The van der Waals surface area contributed by atoms with Gasteiger partial charge in [0.05, 0.1) is 5.41 Å². The Morgan fingerprint density at radius 2 is 1.88 bits per heavy atom. The van der Waals surface area contributed by atoms with Crippen molar-refractivity contribution in [3.05, 3.63) is 0 Å². The van der Waals surface area contributed by atoms with Crippen molar-refractivity contribution in [3.63, 3.8) is 0 Å². The fourth-order valence-electron chi connectivity index (χ4n) is 0.917. The van der Waals surface area contributed by atoms with Crippen molar-refractivity contribution >= 4 is 11.9 Å². The lowest BCUT2D eigenvalue weighted by molar-refractivity contribution is -0.146. The summed E-state index contributed by atoms with van der Waals surface area (Å²) in [6.45, 7) is 7.14. The van der Waals surface area contributed by atoms with Crippen molar-refractivity contribution in [2.75, 3.05) is 6.54 Å². The number of hydrogen-bond donors (Lipinski definition) is 3. The Morgan fingerprint density at radius 3 is 2.25 bits per heavy atom. The molecule has 1 unspecified atom stereocenters. The molecule has 0 aliphatic rings. The third kappa shape index (κ3) is 5.11. The van der Waals surface area contributed by atoms with Crippen LogP contribution in [-0.2, 0) is 9.59 Å². The van der Waals surface area contributed by atoms with E-state index in [1.54, 1.807) is 13.8 Å². The molecule has 0 radical (unpaired) electrons. The maximum absolute atomic E-state index is 11.4. The van der Waals surface area contributed by atoms with Gasteiger partial charge in [-0.2, -0.15) is 0 Å². The molecule has 0 aliphatic heterocycles. The second kappa shape index (κ2) is 5.84. The first kappa shape index (κ1) is 14.9. The van der Waals surface area contributed by atoms with E-state index in [1.807, 2.05) is 13.8 Å². The molecule has 0 bridgehead atoms. The molecule has 0 aromatic carbocycles. The summed E-state index contributed by atoms with van der Waals surface area (Å²) in [5.41, 5.74) is 4.79. The fraction of sp³-hybridized carbons (Fsp3) is 0.818. The standard InChI is InChI=1S/C11H22N2O3/c1-7(2)8(12)5-9(14)13-6-11(3,4)10(15)16/h7-8H,5-6,12H2,1-4H3,(H,13,14)(H,15,16). The minimum absolute atomic E-state index is 0.117. The number of nitrogens with two attached hydrogens (primary N) is 1. The molecule has 1 amide bonds. The number of hydrogen-bond acceptors (Lipinski definition) is 3. The molecule has 5 nitrogen and oxygen atoms in total. The Balaban J connectivity index is 4.04. The van der Waals surface area contributed by atoms with Crippen LogP contribution >= 0.6 is 0 Å². The first-order chi connectivity index (χ1) is 7.16. The van der Waals surface area contributed by atoms with Crippen molar-refractivity contribution < 1.29 is 14.7 Å². The molecule has 0 fully saturated rings. The zero-order valence-corrected chi connectivity index (χ0v) is 10.4. The van der Waals surface area contributed by atoms with Gasteiger partial charge in [0.25, 0.3) is 0 Å². The van der Waals surface area contributed by atoms with Gasteiger partial charge in [0, 0.05) is 19.0 Å². The lowest BCUT2D eigenvalue weighted by Crippen LogP contribution is -2.41. The van der Waals surface area contributed by atoms with Crippen molar-refractivity contribution in [1.82, 2.24) is 5.32 Å². The van der Waals surface area contributed by atoms with E-state index in [-0.39, 0.29) is 30.8 Å². The van der Waals surface area contributed by atoms with E-state index >= 15 is 0 Å². The highest BCUT2D eigenvalue weighted by atomic mass is 16.4. The summed E-state index contributed by atoms with van der Waals surface area (Å²) in [7, 11) is 0. The van der Waals surface area contributed by atoms with Gasteiger partial charge >= 0.3 is 5.97 Å². The van der Waals surface area contributed by atoms with Gasteiger partial charge in [-0.1, -0.05) is 13.8 Å². The first-order valence-corrected chi connectivity index (χ1v) is 5.42. The molecule has 0 aliphatic carbocycles. The summed E-state index contributed by atoms with van der Waals surface area (Å²) < 4.78 is 0. The van der Waals surface area contributed by atoms with Gasteiger partial charge < -0.3 is 16.2 Å². The maximum Gasteiger partial charge on any atom is 0.310 e. The van der Waals surface area contributed by atoms with Crippen molar-refractivity contribution in [3.8, 4) is 0 Å². The number of carboxylic acids is 1. The molecule has 4 N–H and O–H groups in total. The Labute approximate surface area is 96.4 Å². The lowest BCUT2D eigenvalue weighted by Gasteiger charge is -2.21. The van der Waals surface area contributed by atoms with E-state index < -0.39 is 11.4 Å².